The van der Waals surface area contributed by atoms with Gasteiger partial charge in [0.25, 0.3) is 0 Å². The third-order valence-corrected chi connectivity index (χ3v) is 5.23. The molecule has 1 atom stereocenters. The minimum Gasteiger partial charge on any atom is -0.368 e. The number of hydrogen-bond donors (Lipinski definition) is 2. The van der Waals surface area contributed by atoms with E-state index in [9.17, 15) is 26.7 Å². The minimum atomic E-state index is -5.68. The molecule has 3 N–H and O–H groups in total. The van der Waals surface area contributed by atoms with Gasteiger partial charge < -0.3 is 5.73 Å². The first-order valence-corrected chi connectivity index (χ1v) is 8.42. The van der Waals surface area contributed by atoms with Crippen molar-refractivity contribution in [3.63, 3.8) is 0 Å². The summed E-state index contributed by atoms with van der Waals surface area (Å²) in [7, 11) is 0. The summed E-state index contributed by atoms with van der Waals surface area (Å²) in [5.74, 6) is -5.69. The monoisotopic (exact) mass is 412 g/mol. The standard InChI is InChI=1S/C16H14ClF5N2OS/c1-14(13(23)25,9-3-2-4-10(17)7-9)24-8-11-5-6-12(26-11)15(18,19)16(20,21)22/h2-7,24H,8H2,1H3,(H2,23,25). The predicted octanol–water partition coefficient (Wildman–Crippen LogP) is 4.55. The summed E-state index contributed by atoms with van der Waals surface area (Å²) in [6.45, 7) is 1.34. The van der Waals surface area contributed by atoms with Crippen LogP contribution < -0.4 is 11.1 Å². The Morgan fingerprint density at radius 3 is 2.38 bits per heavy atom. The van der Waals surface area contributed by atoms with E-state index in [1.165, 1.54) is 13.0 Å². The van der Waals surface area contributed by atoms with E-state index < -0.39 is 28.4 Å². The Hall–Kier alpha value is -1.71. The third-order valence-electron chi connectivity index (χ3n) is 3.84. The quantitative estimate of drug-likeness (QED) is 0.684. The first-order valence-electron chi connectivity index (χ1n) is 7.22. The Balaban J connectivity index is 2.23. The van der Waals surface area contributed by atoms with Crippen molar-refractivity contribution < 1.29 is 26.7 Å². The van der Waals surface area contributed by atoms with Gasteiger partial charge in [0, 0.05) is 16.4 Å². The maximum Gasteiger partial charge on any atom is 0.458 e. The zero-order chi connectivity index (χ0) is 19.8. The van der Waals surface area contributed by atoms with Gasteiger partial charge in [-0.05, 0) is 36.8 Å². The van der Waals surface area contributed by atoms with Gasteiger partial charge in [0.1, 0.15) is 5.54 Å². The van der Waals surface area contributed by atoms with Crippen LogP contribution in [0, 0.1) is 0 Å². The molecular formula is C16H14ClF5N2OS. The molecule has 1 unspecified atom stereocenters. The highest BCUT2D eigenvalue weighted by Gasteiger charge is 2.59. The summed E-state index contributed by atoms with van der Waals surface area (Å²) in [6, 6.07) is 8.17. The smallest absolute Gasteiger partial charge is 0.368 e. The van der Waals surface area contributed by atoms with Crippen molar-refractivity contribution >= 4 is 28.8 Å². The maximum absolute atomic E-state index is 13.4. The van der Waals surface area contributed by atoms with Gasteiger partial charge in [0.15, 0.2) is 0 Å². The fraction of sp³-hybridized carbons (Fsp3) is 0.312. The zero-order valence-electron chi connectivity index (χ0n) is 13.3. The van der Waals surface area contributed by atoms with E-state index in [1.54, 1.807) is 18.2 Å². The fourth-order valence-electron chi connectivity index (χ4n) is 2.18. The molecule has 0 aliphatic rings. The molecule has 0 saturated carbocycles. The van der Waals surface area contributed by atoms with E-state index in [2.05, 4.69) is 5.32 Å². The van der Waals surface area contributed by atoms with Crippen molar-refractivity contribution in [2.75, 3.05) is 0 Å². The van der Waals surface area contributed by atoms with Crippen LogP contribution in [0.3, 0.4) is 0 Å². The highest BCUT2D eigenvalue weighted by Crippen LogP contribution is 2.46. The average Bonchev–Trinajstić information content (AvgIpc) is 3.01. The van der Waals surface area contributed by atoms with Gasteiger partial charge >= 0.3 is 12.1 Å². The molecule has 0 bridgehead atoms. The third kappa shape index (κ3) is 3.99. The molecule has 0 saturated heterocycles. The van der Waals surface area contributed by atoms with E-state index in [0.717, 1.165) is 12.1 Å². The van der Waals surface area contributed by atoms with Gasteiger partial charge in [-0.1, -0.05) is 23.7 Å². The van der Waals surface area contributed by atoms with Crippen LogP contribution >= 0.6 is 22.9 Å². The van der Waals surface area contributed by atoms with Crippen LogP contribution in [0.2, 0.25) is 5.02 Å². The molecule has 0 aliphatic heterocycles. The number of rotatable bonds is 6. The molecule has 1 amide bonds. The summed E-state index contributed by atoms with van der Waals surface area (Å²) in [5.41, 5.74) is 4.49. The van der Waals surface area contributed by atoms with E-state index in [4.69, 9.17) is 17.3 Å². The molecule has 3 nitrogen and oxygen atoms in total. The van der Waals surface area contributed by atoms with Crippen molar-refractivity contribution in [1.82, 2.24) is 5.32 Å². The molecule has 26 heavy (non-hydrogen) atoms. The number of alkyl halides is 5. The zero-order valence-corrected chi connectivity index (χ0v) is 14.9. The summed E-state index contributed by atoms with van der Waals surface area (Å²) in [4.78, 5) is 11.0. The van der Waals surface area contributed by atoms with E-state index in [0.29, 0.717) is 21.9 Å². The van der Waals surface area contributed by atoms with E-state index in [-0.39, 0.29) is 11.4 Å². The molecule has 1 heterocycles. The van der Waals surface area contributed by atoms with Crippen LogP contribution in [0.5, 0.6) is 0 Å². The molecule has 1 aromatic carbocycles. The van der Waals surface area contributed by atoms with Crippen molar-refractivity contribution in [1.29, 1.82) is 0 Å². The molecule has 0 spiro atoms. The van der Waals surface area contributed by atoms with Crippen LogP contribution in [0.15, 0.2) is 36.4 Å². The lowest BCUT2D eigenvalue weighted by Crippen LogP contribution is -2.49. The van der Waals surface area contributed by atoms with Gasteiger partial charge in [-0.3, -0.25) is 10.1 Å². The minimum absolute atomic E-state index is 0.134. The summed E-state index contributed by atoms with van der Waals surface area (Å²) < 4.78 is 64.0. The maximum atomic E-state index is 13.4. The summed E-state index contributed by atoms with van der Waals surface area (Å²) >= 11 is 6.21. The van der Waals surface area contributed by atoms with Crippen LogP contribution in [0.4, 0.5) is 22.0 Å². The number of halogens is 6. The number of benzene rings is 1. The lowest BCUT2D eigenvalue weighted by Gasteiger charge is -2.28. The second-order valence-electron chi connectivity index (χ2n) is 5.69. The summed E-state index contributed by atoms with van der Waals surface area (Å²) in [6.07, 6.45) is -5.68. The number of primary amides is 1. The summed E-state index contributed by atoms with van der Waals surface area (Å²) in [5, 5.41) is 3.17. The number of hydrogen-bond acceptors (Lipinski definition) is 3. The van der Waals surface area contributed by atoms with Crippen LogP contribution in [-0.4, -0.2) is 12.1 Å². The predicted molar refractivity (Wildman–Crippen MR) is 89.1 cm³/mol. The molecule has 1 aromatic heterocycles. The van der Waals surface area contributed by atoms with Crippen LogP contribution in [0.1, 0.15) is 22.2 Å². The largest absolute Gasteiger partial charge is 0.458 e. The molecule has 2 rings (SSSR count). The highest BCUT2D eigenvalue weighted by atomic mass is 35.5. The molecule has 0 radical (unpaired) electrons. The fourth-order valence-corrected chi connectivity index (χ4v) is 3.31. The molecule has 0 fully saturated rings. The second-order valence-corrected chi connectivity index (χ2v) is 7.30. The number of carbonyl (C=O) groups excluding carboxylic acids is 1. The number of carbonyl (C=O) groups is 1. The van der Waals surface area contributed by atoms with Gasteiger partial charge in [-0.2, -0.15) is 22.0 Å². The van der Waals surface area contributed by atoms with Gasteiger partial charge in [-0.25, -0.2) is 0 Å². The molecular weight excluding hydrogens is 399 g/mol. The number of nitrogens with two attached hydrogens (primary N) is 1. The van der Waals surface area contributed by atoms with Gasteiger partial charge in [0.2, 0.25) is 5.91 Å². The van der Waals surface area contributed by atoms with E-state index in [1.807, 2.05) is 0 Å². The number of amides is 1. The van der Waals surface area contributed by atoms with Crippen molar-refractivity contribution in [2.24, 2.45) is 5.73 Å². The normalized spacial score (nSPS) is 14.9. The van der Waals surface area contributed by atoms with Gasteiger partial charge in [0.05, 0.1) is 4.88 Å². The Morgan fingerprint density at radius 2 is 1.85 bits per heavy atom. The lowest BCUT2D eigenvalue weighted by atomic mass is 9.91. The lowest BCUT2D eigenvalue weighted by molar-refractivity contribution is -0.287. The number of thiophene rings is 1. The topological polar surface area (TPSA) is 55.1 Å². The van der Waals surface area contributed by atoms with Crippen LogP contribution in [0.25, 0.3) is 0 Å². The van der Waals surface area contributed by atoms with Crippen LogP contribution in [-0.2, 0) is 22.8 Å². The highest BCUT2D eigenvalue weighted by molar-refractivity contribution is 7.12. The molecule has 142 valence electrons. The molecule has 10 heteroatoms. The second kappa shape index (κ2) is 7.13. The number of nitrogens with one attached hydrogen (secondary N) is 1. The average molecular weight is 413 g/mol. The Kier molecular flexibility index (Phi) is 5.65. The SMILES string of the molecule is CC(NCc1ccc(C(F)(F)C(F)(F)F)s1)(C(N)=O)c1cccc(Cl)c1. The first kappa shape index (κ1) is 20.6. The Morgan fingerprint density at radius 1 is 1.19 bits per heavy atom. The Bertz CT molecular complexity index is 808. The Labute approximate surface area is 155 Å². The van der Waals surface area contributed by atoms with Crippen molar-refractivity contribution in [2.45, 2.75) is 31.1 Å². The van der Waals surface area contributed by atoms with Crippen molar-refractivity contribution in [3.05, 3.63) is 56.7 Å². The molecule has 0 aliphatic carbocycles. The van der Waals surface area contributed by atoms with Gasteiger partial charge in [-0.15, -0.1) is 11.3 Å². The molecule has 2 aromatic rings. The first-order chi connectivity index (χ1) is 11.9. The van der Waals surface area contributed by atoms with Crippen molar-refractivity contribution in [3.8, 4) is 0 Å². The van der Waals surface area contributed by atoms with E-state index >= 15 is 0 Å².